The minimum Gasteiger partial charge on any atom is -0.393 e. The summed E-state index contributed by atoms with van der Waals surface area (Å²) in [5.41, 5.74) is 0.205. The Hall–Kier alpha value is -1.13. The van der Waals surface area contributed by atoms with Gasteiger partial charge in [-0.3, -0.25) is 4.79 Å². The van der Waals surface area contributed by atoms with Gasteiger partial charge in [-0.25, -0.2) is 4.39 Å². The van der Waals surface area contributed by atoms with Crippen LogP contribution in [0.3, 0.4) is 0 Å². The van der Waals surface area contributed by atoms with Crippen molar-refractivity contribution in [3.05, 3.63) is 34.6 Å². The zero-order valence-electron chi connectivity index (χ0n) is 10.4. The van der Waals surface area contributed by atoms with E-state index in [1.165, 1.54) is 18.2 Å². The maximum atomic E-state index is 13.4. The van der Waals surface area contributed by atoms with Gasteiger partial charge in [0.2, 0.25) is 0 Å². The average molecular weight is 284 g/mol. The van der Waals surface area contributed by atoms with Crippen LogP contribution in [0, 0.1) is 17.7 Å². The minimum absolute atomic E-state index is 0.120. The van der Waals surface area contributed by atoms with Gasteiger partial charge in [0.05, 0.1) is 16.7 Å². The van der Waals surface area contributed by atoms with E-state index in [1.807, 2.05) is 0 Å². The Morgan fingerprint density at radius 2 is 2.16 bits per heavy atom. The molecule has 0 radical (unpaired) electrons. The highest BCUT2D eigenvalue weighted by Gasteiger charge is 2.43. The Morgan fingerprint density at radius 3 is 2.89 bits per heavy atom. The van der Waals surface area contributed by atoms with Gasteiger partial charge in [-0.05, 0) is 30.9 Å². The number of nitrogens with zero attached hydrogens (tertiary/aromatic N) is 1. The normalized spacial score (nSPS) is 29.6. The summed E-state index contributed by atoms with van der Waals surface area (Å²) in [6.45, 7) is 1.17. The van der Waals surface area contributed by atoms with Crippen molar-refractivity contribution in [1.29, 1.82) is 0 Å². The Morgan fingerprint density at radius 1 is 1.37 bits per heavy atom. The molecule has 1 aliphatic heterocycles. The second-order valence-electron chi connectivity index (χ2n) is 5.38. The van der Waals surface area contributed by atoms with E-state index in [0.29, 0.717) is 19.0 Å². The fraction of sp³-hybridized carbons (Fsp3) is 0.500. The first-order valence-corrected chi connectivity index (χ1v) is 6.87. The standard InChI is InChI=1S/C14H15ClFNO2/c15-13-9(2-1-3-11(13)16)14(19)17-6-8-4-5-12(18)10(8)7-17/h1-3,8,10,12,18H,4-7H2. The molecular weight excluding hydrogens is 269 g/mol. The van der Waals surface area contributed by atoms with Crippen molar-refractivity contribution in [2.24, 2.45) is 11.8 Å². The van der Waals surface area contributed by atoms with E-state index in [4.69, 9.17) is 11.6 Å². The van der Waals surface area contributed by atoms with E-state index in [1.54, 1.807) is 4.90 Å². The molecule has 2 aliphatic rings. The molecule has 1 saturated heterocycles. The number of aliphatic hydroxyl groups excluding tert-OH is 1. The topological polar surface area (TPSA) is 40.5 Å². The SMILES string of the molecule is O=C(c1cccc(F)c1Cl)N1CC2CCC(O)C2C1. The molecule has 1 heterocycles. The fourth-order valence-corrected chi connectivity index (χ4v) is 3.45. The first kappa shape index (κ1) is 12.9. The maximum absolute atomic E-state index is 13.4. The zero-order chi connectivity index (χ0) is 13.6. The fourth-order valence-electron chi connectivity index (χ4n) is 3.24. The number of benzene rings is 1. The molecule has 1 N–H and O–H groups in total. The van der Waals surface area contributed by atoms with Crippen LogP contribution in [0.1, 0.15) is 23.2 Å². The van der Waals surface area contributed by atoms with Gasteiger partial charge in [0.15, 0.2) is 0 Å². The first-order chi connectivity index (χ1) is 9.08. The van der Waals surface area contributed by atoms with Crippen molar-refractivity contribution < 1.29 is 14.3 Å². The molecule has 2 fully saturated rings. The number of hydrogen-bond acceptors (Lipinski definition) is 2. The number of fused-ring (bicyclic) bond motifs is 1. The molecule has 1 aromatic carbocycles. The summed E-state index contributed by atoms with van der Waals surface area (Å²) in [5.74, 6) is -0.291. The van der Waals surface area contributed by atoms with Crippen LogP contribution in [0.25, 0.3) is 0 Å². The molecule has 3 nitrogen and oxygen atoms in total. The number of aliphatic hydroxyl groups is 1. The third kappa shape index (κ3) is 2.13. The number of carbonyl (C=O) groups is 1. The molecule has 3 atom stereocenters. The predicted molar refractivity (Wildman–Crippen MR) is 69.5 cm³/mol. The summed E-state index contributed by atoms with van der Waals surface area (Å²) >= 11 is 5.84. The number of likely N-dealkylation sites (tertiary alicyclic amines) is 1. The Labute approximate surface area is 116 Å². The quantitative estimate of drug-likeness (QED) is 0.859. The molecular formula is C14H15ClFNO2. The number of amides is 1. The summed E-state index contributed by atoms with van der Waals surface area (Å²) in [4.78, 5) is 14.0. The van der Waals surface area contributed by atoms with Crippen LogP contribution in [-0.2, 0) is 0 Å². The van der Waals surface area contributed by atoms with E-state index in [9.17, 15) is 14.3 Å². The molecule has 3 unspecified atom stereocenters. The van der Waals surface area contributed by atoms with E-state index in [-0.39, 0.29) is 28.5 Å². The largest absolute Gasteiger partial charge is 0.393 e. The van der Waals surface area contributed by atoms with Crippen LogP contribution in [0.5, 0.6) is 0 Å². The number of hydrogen-bond donors (Lipinski definition) is 1. The van der Waals surface area contributed by atoms with Crippen LogP contribution in [0.4, 0.5) is 4.39 Å². The molecule has 0 aromatic heterocycles. The Kier molecular flexibility index (Phi) is 3.23. The maximum Gasteiger partial charge on any atom is 0.255 e. The lowest BCUT2D eigenvalue weighted by Crippen LogP contribution is -2.31. The van der Waals surface area contributed by atoms with Gasteiger partial charge in [-0.15, -0.1) is 0 Å². The van der Waals surface area contributed by atoms with Crippen molar-refractivity contribution in [3.8, 4) is 0 Å². The summed E-state index contributed by atoms with van der Waals surface area (Å²) in [5, 5.41) is 9.72. The lowest BCUT2D eigenvalue weighted by Gasteiger charge is -2.19. The molecule has 1 amide bonds. The van der Waals surface area contributed by atoms with Gasteiger partial charge < -0.3 is 10.0 Å². The summed E-state index contributed by atoms with van der Waals surface area (Å²) in [6.07, 6.45) is 1.45. The summed E-state index contributed by atoms with van der Waals surface area (Å²) in [7, 11) is 0. The lowest BCUT2D eigenvalue weighted by molar-refractivity contribution is 0.0752. The van der Waals surface area contributed by atoms with Gasteiger partial charge >= 0.3 is 0 Å². The van der Waals surface area contributed by atoms with Crippen LogP contribution in [0.15, 0.2) is 18.2 Å². The monoisotopic (exact) mass is 283 g/mol. The number of rotatable bonds is 1. The van der Waals surface area contributed by atoms with E-state index < -0.39 is 5.82 Å². The van der Waals surface area contributed by atoms with Gasteiger partial charge in [0, 0.05) is 19.0 Å². The van der Waals surface area contributed by atoms with E-state index >= 15 is 0 Å². The second kappa shape index (κ2) is 4.76. The molecule has 1 aliphatic carbocycles. The van der Waals surface area contributed by atoms with Crippen molar-refractivity contribution >= 4 is 17.5 Å². The van der Waals surface area contributed by atoms with Crippen LogP contribution < -0.4 is 0 Å². The first-order valence-electron chi connectivity index (χ1n) is 6.49. The predicted octanol–water partition coefficient (Wildman–Crippen LogP) is 2.32. The molecule has 0 spiro atoms. The average Bonchev–Trinajstić information content (AvgIpc) is 2.95. The highest BCUT2D eigenvalue weighted by molar-refractivity contribution is 6.34. The second-order valence-corrected chi connectivity index (χ2v) is 5.76. The van der Waals surface area contributed by atoms with Gasteiger partial charge in [0.1, 0.15) is 5.82 Å². The van der Waals surface area contributed by atoms with Crippen molar-refractivity contribution in [2.75, 3.05) is 13.1 Å². The van der Waals surface area contributed by atoms with Crippen molar-refractivity contribution in [3.63, 3.8) is 0 Å². The Balaban J connectivity index is 1.81. The molecule has 5 heteroatoms. The molecule has 1 aromatic rings. The number of halogens is 2. The highest BCUT2D eigenvalue weighted by atomic mass is 35.5. The van der Waals surface area contributed by atoms with Crippen LogP contribution >= 0.6 is 11.6 Å². The smallest absolute Gasteiger partial charge is 0.255 e. The third-order valence-corrected chi connectivity index (χ3v) is 4.67. The third-order valence-electron chi connectivity index (χ3n) is 4.29. The van der Waals surface area contributed by atoms with E-state index in [2.05, 4.69) is 0 Å². The van der Waals surface area contributed by atoms with Crippen molar-refractivity contribution in [1.82, 2.24) is 4.90 Å². The van der Waals surface area contributed by atoms with E-state index in [0.717, 1.165) is 12.8 Å². The molecule has 3 rings (SSSR count). The number of carbonyl (C=O) groups excluding carboxylic acids is 1. The molecule has 1 saturated carbocycles. The lowest BCUT2D eigenvalue weighted by atomic mass is 10.00. The zero-order valence-corrected chi connectivity index (χ0v) is 11.1. The van der Waals surface area contributed by atoms with Gasteiger partial charge in [-0.2, -0.15) is 0 Å². The summed E-state index contributed by atoms with van der Waals surface area (Å²) in [6, 6.07) is 4.26. The van der Waals surface area contributed by atoms with Gasteiger partial charge in [-0.1, -0.05) is 17.7 Å². The molecule has 0 bridgehead atoms. The molecule has 19 heavy (non-hydrogen) atoms. The highest BCUT2D eigenvalue weighted by Crippen LogP contribution is 2.38. The Bertz CT molecular complexity index is 522. The van der Waals surface area contributed by atoms with Crippen LogP contribution in [0.2, 0.25) is 5.02 Å². The van der Waals surface area contributed by atoms with Crippen LogP contribution in [-0.4, -0.2) is 35.1 Å². The minimum atomic E-state index is -0.577. The van der Waals surface area contributed by atoms with Crippen molar-refractivity contribution in [2.45, 2.75) is 18.9 Å². The molecule has 102 valence electrons. The van der Waals surface area contributed by atoms with Gasteiger partial charge in [0.25, 0.3) is 5.91 Å². The summed E-state index contributed by atoms with van der Waals surface area (Å²) < 4.78 is 13.4.